The maximum Gasteiger partial charge on any atom is 0.319 e. The van der Waals surface area contributed by atoms with Crippen molar-refractivity contribution in [1.29, 1.82) is 0 Å². The van der Waals surface area contributed by atoms with Crippen LogP contribution in [0.25, 0.3) is 0 Å². The highest BCUT2D eigenvalue weighted by atomic mass is 79.9. The Morgan fingerprint density at radius 2 is 1.89 bits per heavy atom. The predicted octanol–water partition coefficient (Wildman–Crippen LogP) is 3.23. The molecule has 1 unspecified atom stereocenters. The maximum absolute atomic E-state index is 14.1. The van der Waals surface area contributed by atoms with E-state index < -0.39 is 17.8 Å². The van der Waals surface area contributed by atoms with Crippen LogP contribution in [0.4, 0.5) is 25.0 Å². The number of nitrogens with one attached hydrogen (secondary N) is 2. The minimum atomic E-state index is -0.847. The largest absolute Gasteiger partial charge is 0.369 e. The molecule has 1 aliphatic rings. The highest BCUT2D eigenvalue weighted by Gasteiger charge is 2.28. The summed E-state index contributed by atoms with van der Waals surface area (Å²) in [5, 5.41) is 5.43. The Bertz CT molecular complexity index is 876. The van der Waals surface area contributed by atoms with Crippen molar-refractivity contribution in [2.24, 2.45) is 5.73 Å². The number of rotatable bonds is 4. The molecule has 4 N–H and O–H groups in total. The van der Waals surface area contributed by atoms with Gasteiger partial charge in [0.15, 0.2) is 0 Å². The van der Waals surface area contributed by atoms with E-state index in [1.54, 1.807) is 11.0 Å². The van der Waals surface area contributed by atoms with E-state index >= 15 is 0 Å². The summed E-state index contributed by atoms with van der Waals surface area (Å²) in [5.41, 5.74) is 6.00. The van der Waals surface area contributed by atoms with Gasteiger partial charge in [0.1, 0.15) is 11.6 Å². The number of anilines is 2. The van der Waals surface area contributed by atoms with E-state index in [1.807, 2.05) is 0 Å². The van der Waals surface area contributed by atoms with Crippen molar-refractivity contribution in [1.82, 2.24) is 5.32 Å². The van der Waals surface area contributed by atoms with Gasteiger partial charge in [-0.15, -0.1) is 0 Å². The minimum Gasteiger partial charge on any atom is -0.369 e. The molecule has 2 aromatic carbocycles. The molecule has 1 heterocycles. The summed E-state index contributed by atoms with van der Waals surface area (Å²) < 4.78 is 27.5. The molecular weight excluding hydrogens is 422 g/mol. The second-order valence-corrected chi connectivity index (χ2v) is 7.10. The van der Waals surface area contributed by atoms with E-state index in [2.05, 4.69) is 26.6 Å². The molecular formula is C18H17BrF2N4O2. The first-order valence-corrected chi connectivity index (χ1v) is 8.99. The molecule has 0 aliphatic carbocycles. The number of hydrogen-bond donors (Lipinski definition) is 3. The average molecular weight is 439 g/mol. The first kappa shape index (κ1) is 19.1. The number of nitrogens with two attached hydrogens (primary N) is 1. The molecule has 1 atom stereocenters. The zero-order chi connectivity index (χ0) is 19.6. The zero-order valence-corrected chi connectivity index (χ0v) is 15.7. The smallest absolute Gasteiger partial charge is 0.319 e. The van der Waals surface area contributed by atoms with Crippen LogP contribution in [0.5, 0.6) is 0 Å². The standard InChI is InChI=1S/C18H17BrF2N4O2/c19-10-7-14(21)16(17(22)26)15(8-10)25-6-5-13(9-25)24-18(27)23-12-3-1-11(20)2-4-12/h1-4,7-8,13H,5-6,9H2,(H2,22,26)(H2,23,24,27). The molecule has 3 amide bonds. The van der Waals surface area contributed by atoms with E-state index in [-0.39, 0.29) is 17.4 Å². The van der Waals surface area contributed by atoms with Crippen molar-refractivity contribution in [3.05, 3.63) is 58.1 Å². The number of carbonyl (C=O) groups is 2. The lowest BCUT2D eigenvalue weighted by molar-refractivity contribution is 0.0997. The lowest BCUT2D eigenvalue weighted by Gasteiger charge is -2.22. The number of nitrogens with zero attached hydrogens (tertiary/aromatic N) is 1. The normalized spacial score (nSPS) is 16.3. The fraction of sp³-hybridized carbons (Fsp3) is 0.222. The van der Waals surface area contributed by atoms with Gasteiger partial charge in [-0.1, -0.05) is 15.9 Å². The van der Waals surface area contributed by atoms with Gasteiger partial charge in [-0.25, -0.2) is 13.6 Å². The molecule has 1 fully saturated rings. The van der Waals surface area contributed by atoms with Gasteiger partial charge in [-0.3, -0.25) is 4.79 Å². The number of amides is 3. The van der Waals surface area contributed by atoms with Crippen LogP contribution in [0.1, 0.15) is 16.8 Å². The average Bonchev–Trinajstić information content (AvgIpc) is 3.04. The molecule has 142 valence electrons. The van der Waals surface area contributed by atoms with Gasteiger partial charge < -0.3 is 21.3 Å². The number of carbonyl (C=O) groups excluding carboxylic acids is 2. The molecule has 0 aromatic heterocycles. The van der Waals surface area contributed by atoms with Crippen LogP contribution in [-0.4, -0.2) is 31.1 Å². The Morgan fingerprint density at radius 1 is 1.19 bits per heavy atom. The molecule has 0 radical (unpaired) electrons. The summed E-state index contributed by atoms with van der Waals surface area (Å²) in [7, 11) is 0. The first-order valence-electron chi connectivity index (χ1n) is 8.20. The Kier molecular flexibility index (Phi) is 5.59. The van der Waals surface area contributed by atoms with Crippen LogP contribution in [0.2, 0.25) is 0 Å². The first-order chi connectivity index (χ1) is 12.8. The minimum absolute atomic E-state index is 0.172. The molecule has 6 nitrogen and oxygen atoms in total. The van der Waals surface area contributed by atoms with Gasteiger partial charge >= 0.3 is 6.03 Å². The van der Waals surface area contributed by atoms with Gasteiger partial charge in [-0.2, -0.15) is 0 Å². The fourth-order valence-electron chi connectivity index (χ4n) is 3.04. The fourth-order valence-corrected chi connectivity index (χ4v) is 3.45. The van der Waals surface area contributed by atoms with Gasteiger partial charge in [0, 0.05) is 29.3 Å². The van der Waals surface area contributed by atoms with E-state index in [1.165, 1.54) is 30.3 Å². The zero-order valence-electron chi connectivity index (χ0n) is 14.1. The van der Waals surface area contributed by atoms with Gasteiger partial charge in [0.05, 0.1) is 11.3 Å². The van der Waals surface area contributed by atoms with Crippen LogP contribution in [0.15, 0.2) is 40.9 Å². The van der Waals surface area contributed by atoms with Crippen molar-refractivity contribution in [3.8, 4) is 0 Å². The van der Waals surface area contributed by atoms with Crippen molar-refractivity contribution in [2.75, 3.05) is 23.3 Å². The van der Waals surface area contributed by atoms with Crippen molar-refractivity contribution >= 4 is 39.2 Å². The van der Waals surface area contributed by atoms with Crippen LogP contribution < -0.4 is 21.3 Å². The summed E-state index contributed by atoms with van der Waals surface area (Å²) in [5.74, 6) is -1.93. The summed E-state index contributed by atoms with van der Waals surface area (Å²) in [6.07, 6.45) is 0.614. The molecule has 0 spiro atoms. The van der Waals surface area contributed by atoms with E-state index in [0.29, 0.717) is 35.4 Å². The maximum atomic E-state index is 14.1. The second-order valence-electron chi connectivity index (χ2n) is 6.18. The monoisotopic (exact) mass is 438 g/mol. The van der Waals surface area contributed by atoms with Crippen LogP contribution in [-0.2, 0) is 0 Å². The van der Waals surface area contributed by atoms with Crippen molar-refractivity contribution < 1.29 is 18.4 Å². The highest BCUT2D eigenvalue weighted by molar-refractivity contribution is 9.10. The summed E-state index contributed by atoms with van der Waals surface area (Å²) in [4.78, 5) is 25.5. The molecule has 27 heavy (non-hydrogen) atoms. The van der Waals surface area contributed by atoms with Gasteiger partial charge in [-0.05, 0) is 42.8 Å². The molecule has 3 rings (SSSR count). The number of primary amides is 1. The number of benzene rings is 2. The number of urea groups is 1. The summed E-state index contributed by atoms with van der Waals surface area (Å²) >= 11 is 3.22. The molecule has 0 bridgehead atoms. The molecule has 2 aromatic rings. The van der Waals surface area contributed by atoms with Crippen LogP contribution in [0, 0.1) is 11.6 Å². The second kappa shape index (κ2) is 7.91. The van der Waals surface area contributed by atoms with Crippen LogP contribution >= 0.6 is 15.9 Å². The van der Waals surface area contributed by atoms with Crippen molar-refractivity contribution in [3.63, 3.8) is 0 Å². The SMILES string of the molecule is NC(=O)c1c(F)cc(Br)cc1N1CCC(NC(=O)Nc2ccc(F)cc2)C1. The Balaban J connectivity index is 1.66. The van der Waals surface area contributed by atoms with Gasteiger partial charge in [0.25, 0.3) is 5.91 Å². The highest BCUT2D eigenvalue weighted by Crippen LogP contribution is 2.30. The Labute approximate surface area is 162 Å². The van der Waals surface area contributed by atoms with Gasteiger partial charge in [0.2, 0.25) is 0 Å². The topological polar surface area (TPSA) is 87.5 Å². The van der Waals surface area contributed by atoms with E-state index in [4.69, 9.17) is 5.73 Å². The number of hydrogen-bond acceptors (Lipinski definition) is 3. The quantitative estimate of drug-likeness (QED) is 0.684. The third-order valence-corrected chi connectivity index (χ3v) is 4.70. The third kappa shape index (κ3) is 4.54. The molecule has 9 heteroatoms. The van der Waals surface area contributed by atoms with E-state index in [0.717, 1.165) is 0 Å². The molecule has 1 aliphatic heterocycles. The molecule has 1 saturated heterocycles. The Hall–Kier alpha value is -2.68. The third-order valence-electron chi connectivity index (χ3n) is 4.25. The lowest BCUT2D eigenvalue weighted by Crippen LogP contribution is -2.40. The van der Waals surface area contributed by atoms with Crippen molar-refractivity contribution in [2.45, 2.75) is 12.5 Å². The predicted molar refractivity (Wildman–Crippen MR) is 102 cm³/mol. The van der Waals surface area contributed by atoms with Crippen LogP contribution in [0.3, 0.4) is 0 Å². The summed E-state index contributed by atoms with van der Waals surface area (Å²) in [6.45, 7) is 0.921. The number of halogens is 3. The Morgan fingerprint density at radius 3 is 2.56 bits per heavy atom. The summed E-state index contributed by atoms with van der Waals surface area (Å²) in [6, 6.07) is 7.60. The lowest BCUT2D eigenvalue weighted by atomic mass is 10.1. The molecule has 0 saturated carbocycles. The van der Waals surface area contributed by atoms with E-state index in [9.17, 15) is 18.4 Å².